The molecule has 1 saturated heterocycles. The monoisotopic (exact) mass is 250 g/mol. The number of amides is 1. The second kappa shape index (κ2) is 4.01. The molecule has 4 nitrogen and oxygen atoms in total. The summed E-state index contributed by atoms with van der Waals surface area (Å²) in [6.45, 7) is 1.37. The van der Waals surface area contributed by atoms with Crippen molar-refractivity contribution < 1.29 is 9.53 Å². The standard InChI is InChI=1S/C12H14N2O2S/c1-13-12(6-16-7-12)8-2-3-10-9(4-8)14-11(15)5-17-10/h2-4,13H,5-7H2,1H3,(H,14,15). The summed E-state index contributed by atoms with van der Waals surface area (Å²) < 4.78 is 5.29. The van der Waals surface area contributed by atoms with Gasteiger partial charge in [-0.15, -0.1) is 11.8 Å². The van der Waals surface area contributed by atoms with Gasteiger partial charge in [0.25, 0.3) is 0 Å². The highest BCUT2D eigenvalue weighted by Gasteiger charge is 2.39. The lowest BCUT2D eigenvalue weighted by molar-refractivity contribution is -0.113. The first-order valence-electron chi connectivity index (χ1n) is 5.57. The molecule has 1 aromatic rings. The van der Waals surface area contributed by atoms with Crippen LogP contribution < -0.4 is 10.6 Å². The van der Waals surface area contributed by atoms with E-state index in [0.29, 0.717) is 19.0 Å². The van der Waals surface area contributed by atoms with Gasteiger partial charge in [0.2, 0.25) is 5.91 Å². The fraction of sp³-hybridized carbons (Fsp3) is 0.417. The number of fused-ring (bicyclic) bond motifs is 1. The summed E-state index contributed by atoms with van der Waals surface area (Å²) in [6, 6.07) is 6.24. The first-order valence-corrected chi connectivity index (χ1v) is 6.56. The van der Waals surface area contributed by atoms with Crippen molar-refractivity contribution in [2.45, 2.75) is 10.4 Å². The highest BCUT2D eigenvalue weighted by molar-refractivity contribution is 8.00. The van der Waals surface area contributed by atoms with Crippen molar-refractivity contribution in [1.82, 2.24) is 5.32 Å². The van der Waals surface area contributed by atoms with Gasteiger partial charge in [-0.3, -0.25) is 4.79 Å². The fourth-order valence-electron chi connectivity index (χ4n) is 2.14. The molecule has 0 atom stereocenters. The number of rotatable bonds is 2. The number of nitrogens with one attached hydrogen (secondary N) is 2. The molecule has 0 radical (unpaired) electrons. The van der Waals surface area contributed by atoms with Crippen LogP contribution in [0, 0.1) is 0 Å². The normalized spacial score (nSPS) is 21.4. The zero-order valence-corrected chi connectivity index (χ0v) is 10.4. The summed E-state index contributed by atoms with van der Waals surface area (Å²) in [5.74, 6) is 0.579. The average Bonchev–Trinajstić information content (AvgIpc) is 2.28. The van der Waals surface area contributed by atoms with Crippen LogP contribution in [0.15, 0.2) is 23.1 Å². The fourth-order valence-corrected chi connectivity index (χ4v) is 2.93. The van der Waals surface area contributed by atoms with Gasteiger partial charge in [0.15, 0.2) is 0 Å². The van der Waals surface area contributed by atoms with Crippen LogP contribution >= 0.6 is 11.8 Å². The molecule has 0 unspecified atom stereocenters. The molecule has 2 aliphatic rings. The molecule has 2 N–H and O–H groups in total. The summed E-state index contributed by atoms with van der Waals surface area (Å²) >= 11 is 1.59. The van der Waals surface area contributed by atoms with E-state index in [1.807, 2.05) is 7.05 Å². The van der Waals surface area contributed by atoms with Crippen molar-refractivity contribution in [3.63, 3.8) is 0 Å². The third-order valence-corrected chi connectivity index (χ3v) is 4.41. The number of ether oxygens (including phenoxy) is 1. The summed E-state index contributed by atoms with van der Waals surface area (Å²) in [7, 11) is 1.94. The minimum atomic E-state index is -0.0815. The van der Waals surface area contributed by atoms with E-state index in [4.69, 9.17) is 4.74 Å². The quantitative estimate of drug-likeness (QED) is 0.827. The SMILES string of the molecule is CNC1(c2ccc3c(c2)NC(=O)CS3)COC1. The number of thioether (sulfide) groups is 1. The van der Waals surface area contributed by atoms with Crippen molar-refractivity contribution in [1.29, 1.82) is 0 Å². The second-order valence-corrected chi connectivity index (χ2v) is 5.39. The first-order chi connectivity index (χ1) is 8.23. The van der Waals surface area contributed by atoms with E-state index in [1.54, 1.807) is 11.8 Å². The van der Waals surface area contributed by atoms with Crippen LogP contribution in [0.5, 0.6) is 0 Å². The number of hydrogen-bond acceptors (Lipinski definition) is 4. The van der Waals surface area contributed by atoms with Gasteiger partial charge in [0.05, 0.1) is 30.2 Å². The summed E-state index contributed by atoms with van der Waals surface area (Å²) in [6.07, 6.45) is 0. The molecule has 1 aromatic carbocycles. The Morgan fingerprint density at radius 3 is 2.94 bits per heavy atom. The number of carbonyl (C=O) groups excluding carboxylic acids is 1. The minimum absolute atomic E-state index is 0.0722. The maximum atomic E-state index is 11.4. The van der Waals surface area contributed by atoms with Gasteiger partial charge in [-0.25, -0.2) is 0 Å². The van der Waals surface area contributed by atoms with E-state index in [1.165, 1.54) is 5.56 Å². The Kier molecular flexibility index (Phi) is 2.61. The van der Waals surface area contributed by atoms with Gasteiger partial charge < -0.3 is 15.4 Å². The van der Waals surface area contributed by atoms with E-state index in [9.17, 15) is 4.79 Å². The molecule has 90 valence electrons. The average molecular weight is 250 g/mol. The van der Waals surface area contributed by atoms with Gasteiger partial charge >= 0.3 is 0 Å². The van der Waals surface area contributed by atoms with E-state index in [2.05, 4.69) is 28.8 Å². The van der Waals surface area contributed by atoms with Gasteiger partial charge in [0, 0.05) is 4.90 Å². The van der Waals surface area contributed by atoms with Gasteiger partial charge in [-0.1, -0.05) is 6.07 Å². The highest BCUT2D eigenvalue weighted by Crippen LogP contribution is 2.36. The van der Waals surface area contributed by atoms with E-state index in [-0.39, 0.29) is 11.4 Å². The predicted molar refractivity (Wildman–Crippen MR) is 67.4 cm³/mol. The maximum Gasteiger partial charge on any atom is 0.234 e. The molecule has 2 heterocycles. The van der Waals surface area contributed by atoms with Gasteiger partial charge in [-0.05, 0) is 24.7 Å². The Labute approximate surface area is 104 Å². The number of benzene rings is 1. The van der Waals surface area contributed by atoms with Gasteiger partial charge in [0.1, 0.15) is 0 Å². The Morgan fingerprint density at radius 1 is 1.47 bits per heavy atom. The molecule has 0 bridgehead atoms. The molecule has 1 amide bonds. The molecule has 3 rings (SSSR count). The molecular weight excluding hydrogens is 236 g/mol. The van der Waals surface area contributed by atoms with E-state index < -0.39 is 0 Å². The minimum Gasteiger partial charge on any atom is -0.377 e. The van der Waals surface area contributed by atoms with E-state index >= 15 is 0 Å². The Bertz CT molecular complexity index is 466. The summed E-state index contributed by atoms with van der Waals surface area (Å²) in [5.41, 5.74) is 2.01. The number of anilines is 1. The molecule has 0 aliphatic carbocycles. The molecule has 0 saturated carbocycles. The Hall–Kier alpha value is -1.04. The van der Waals surface area contributed by atoms with Crippen LogP contribution in [0.1, 0.15) is 5.56 Å². The number of likely N-dealkylation sites (N-methyl/N-ethyl adjacent to an activating group) is 1. The lowest BCUT2D eigenvalue weighted by Gasteiger charge is -2.42. The van der Waals surface area contributed by atoms with Crippen LogP contribution in [0.3, 0.4) is 0 Å². The van der Waals surface area contributed by atoms with Crippen LogP contribution in [0.4, 0.5) is 5.69 Å². The maximum absolute atomic E-state index is 11.4. The summed E-state index contributed by atoms with van der Waals surface area (Å²) in [5, 5.41) is 6.22. The Balaban J connectivity index is 1.97. The Morgan fingerprint density at radius 2 is 2.29 bits per heavy atom. The predicted octanol–water partition coefficient (Wildman–Crippen LogP) is 1.18. The molecule has 5 heteroatoms. The molecule has 0 aromatic heterocycles. The highest BCUT2D eigenvalue weighted by atomic mass is 32.2. The number of carbonyl (C=O) groups is 1. The lowest BCUT2D eigenvalue weighted by Crippen LogP contribution is -2.56. The smallest absolute Gasteiger partial charge is 0.234 e. The molecule has 17 heavy (non-hydrogen) atoms. The summed E-state index contributed by atoms with van der Waals surface area (Å²) in [4.78, 5) is 12.5. The van der Waals surface area contributed by atoms with Gasteiger partial charge in [-0.2, -0.15) is 0 Å². The second-order valence-electron chi connectivity index (χ2n) is 4.37. The third-order valence-electron chi connectivity index (χ3n) is 3.34. The van der Waals surface area contributed by atoms with Crippen molar-refractivity contribution >= 4 is 23.4 Å². The third kappa shape index (κ3) is 1.74. The topological polar surface area (TPSA) is 50.4 Å². The zero-order valence-electron chi connectivity index (χ0n) is 9.58. The van der Waals surface area contributed by atoms with Crippen LogP contribution in [-0.4, -0.2) is 31.9 Å². The zero-order chi connectivity index (χ0) is 11.9. The van der Waals surface area contributed by atoms with Crippen molar-refractivity contribution in [3.05, 3.63) is 23.8 Å². The van der Waals surface area contributed by atoms with Crippen LogP contribution in [-0.2, 0) is 15.1 Å². The molecule has 1 fully saturated rings. The molecule has 0 spiro atoms. The molecule has 2 aliphatic heterocycles. The number of hydrogen-bond donors (Lipinski definition) is 2. The van der Waals surface area contributed by atoms with Crippen LogP contribution in [0.2, 0.25) is 0 Å². The van der Waals surface area contributed by atoms with Crippen molar-refractivity contribution in [2.75, 3.05) is 31.3 Å². The van der Waals surface area contributed by atoms with E-state index in [0.717, 1.165) is 10.6 Å². The van der Waals surface area contributed by atoms with Crippen molar-refractivity contribution in [2.24, 2.45) is 0 Å². The molecular formula is C12H14N2O2S. The largest absolute Gasteiger partial charge is 0.377 e. The lowest BCUT2D eigenvalue weighted by atomic mass is 9.88. The first kappa shape index (κ1) is 11.1. The van der Waals surface area contributed by atoms with Crippen LogP contribution in [0.25, 0.3) is 0 Å². The van der Waals surface area contributed by atoms with Crippen molar-refractivity contribution in [3.8, 4) is 0 Å².